The minimum atomic E-state index is 0.517. The highest BCUT2D eigenvalue weighted by Crippen LogP contribution is 2.23. The largest absolute Gasteiger partial charge is 0.383 e. The number of rotatable bonds is 6. The van der Waals surface area contributed by atoms with Gasteiger partial charge in [0, 0.05) is 19.5 Å². The summed E-state index contributed by atoms with van der Waals surface area (Å²) in [5.41, 5.74) is 5.96. The first-order valence-electron chi connectivity index (χ1n) is 6.69. The van der Waals surface area contributed by atoms with Crippen LogP contribution in [0.25, 0.3) is 10.2 Å². The fourth-order valence-corrected chi connectivity index (χ4v) is 2.95. The zero-order valence-electron chi connectivity index (χ0n) is 11.8. The van der Waals surface area contributed by atoms with Crippen molar-refractivity contribution in [1.29, 1.82) is 5.26 Å². The highest BCUT2D eigenvalue weighted by Gasteiger charge is 2.12. The molecule has 2 aromatic rings. The van der Waals surface area contributed by atoms with Gasteiger partial charge < -0.3 is 5.73 Å². The molecule has 0 saturated heterocycles. The highest BCUT2D eigenvalue weighted by atomic mass is 32.1. The van der Waals surface area contributed by atoms with E-state index in [9.17, 15) is 0 Å². The summed E-state index contributed by atoms with van der Waals surface area (Å²) in [6.07, 6.45) is 0.517. The van der Waals surface area contributed by atoms with E-state index < -0.39 is 0 Å². The van der Waals surface area contributed by atoms with Gasteiger partial charge in [-0.2, -0.15) is 5.26 Å². The topological polar surface area (TPSA) is 78.8 Å². The lowest BCUT2D eigenvalue weighted by atomic mass is 10.2. The Bertz CT molecular complexity index is 614. The standard InChI is InChI=1S/C14H19N5S/c1-10(2)8-19(6-3-5-15)9-12-17-13(16)11-4-7-20-14(11)18-12/h4,7,10H,3,6,8-9H2,1-2H3,(H2,16,17,18). The summed E-state index contributed by atoms with van der Waals surface area (Å²) in [4.78, 5) is 12.1. The van der Waals surface area contributed by atoms with Gasteiger partial charge in [0.1, 0.15) is 16.5 Å². The number of thiophene rings is 1. The summed E-state index contributed by atoms with van der Waals surface area (Å²) in [6, 6.07) is 4.13. The average Bonchev–Trinajstić information content (AvgIpc) is 2.84. The van der Waals surface area contributed by atoms with Crippen LogP contribution in [0.3, 0.4) is 0 Å². The third kappa shape index (κ3) is 3.65. The Labute approximate surface area is 123 Å². The second kappa shape index (κ2) is 6.64. The summed E-state index contributed by atoms with van der Waals surface area (Å²) >= 11 is 1.57. The summed E-state index contributed by atoms with van der Waals surface area (Å²) < 4.78 is 0. The molecule has 0 aliphatic rings. The Morgan fingerprint density at radius 2 is 2.25 bits per heavy atom. The second-order valence-corrected chi connectivity index (χ2v) is 6.10. The molecule has 106 valence electrons. The van der Waals surface area contributed by atoms with Crippen molar-refractivity contribution in [3.8, 4) is 6.07 Å². The van der Waals surface area contributed by atoms with Crippen molar-refractivity contribution in [2.75, 3.05) is 18.8 Å². The van der Waals surface area contributed by atoms with E-state index in [4.69, 9.17) is 11.0 Å². The van der Waals surface area contributed by atoms with Gasteiger partial charge in [0.25, 0.3) is 0 Å². The van der Waals surface area contributed by atoms with Crippen molar-refractivity contribution >= 4 is 27.4 Å². The zero-order valence-corrected chi connectivity index (χ0v) is 12.7. The molecule has 2 heterocycles. The Balaban J connectivity index is 2.16. The smallest absolute Gasteiger partial charge is 0.146 e. The number of nitrogens with two attached hydrogens (primary N) is 1. The van der Waals surface area contributed by atoms with E-state index in [2.05, 4.69) is 34.8 Å². The Hall–Kier alpha value is -1.71. The van der Waals surface area contributed by atoms with E-state index in [0.717, 1.165) is 29.1 Å². The van der Waals surface area contributed by atoms with Gasteiger partial charge in [-0.05, 0) is 17.4 Å². The normalized spacial score (nSPS) is 11.3. The molecule has 0 saturated carbocycles. The fourth-order valence-electron chi connectivity index (χ4n) is 2.15. The van der Waals surface area contributed by atoms with Crippen LogP contribution in [0.15, 0.2) is 11.4 Å². The van der Waals surface area contributed by atoms with E-state index in [1.807, 2.05) is 11.4 Å². The molecule has 5 nitrogen and oxygen atoms in total. The van der Waals surface area contributed by atoms with Gasteiger partial charge >= 0.3 is 0 Å². The predicted octanol–water partition coefficient (Wildman–Crippen LogP) is 2.65. The molecule has 6 heteroatoms. The van der Waals surface area contributed by atoms with Crippen molar-refractivity contribution in [1.82, 2.24) is 14.9 Å². The maximum Gasteiger partial charge on any atom is 0.146 e. The minimum Gasteiger partial charge on any atom is -0.383 e. The van der Waals surface area contributed by atoms with Crippen LogP contribution >= 0.6 is 11.3 Å². The van der Waals surface area contributed by atoms with Gasteiger partial charge in [-0.25, -0.2) is 9.97 Å². The molecule has 0 radical (unpaired) electrons. The summed E-state index contributed by atoms with van der Waals surface area (Å²) in [5.74, 6) is 1.81. The molecule has 2 aromatic heterocycles. The van der Waals surface area contributed by atoms with Crippen LogP contribution < -0.4 is 5.73 Å². The fraction of sp³-hybridized carbons (Fsp3) is 0.500. The summed E-state index contributed by atoms with van der Waals surface area (Å²) in [5, 5.41) is 11.6. The van der Waals surface area contributed by atoms with Crippen LogP contribution in [0.4, 0.5) is 5.82 Å². The Morgan fingerprint density at radius 3 is 2.95 bits per heavy atom. The maximum atomic E-state index is 8.75. The molecule has 2 N–H and O–H groups in total. The monoisotopic (exact) mass is 289 g/mol. The number of nitriles is 1. The number of nitrogens with zero attached hydrogens (tertiary/aromatic N) is 4. The number of hydrogen-bond acceptors (Lipinski definition) is 6. The molecule has 0 aliphatic carbocycles. The van der Waals surface area contributed by atoms with Gasteiger partial charge in [-0.1, -0.05) is 13.8 Å². The van der Waals surface area contributed by atoms with Gasteiger partial charge in [0.2, 0.25) is 0 Å². The number of hydrogen-bond donors (Lipinski definition) is 1. The van der Waals surface area contributed by atoms with Crippen molar-refractivity contribution < 1.29 is 0 Å². The van der Waals surface area contributed by atoms with Gasteiger partial charge in [-0.3, -0.25) is 4.90 Å². The lowest BCUT2D eigenvalue weighted by Gasteiger charge is -2.22. The molecule has 20 heavy (non-hydrogen) atoms. The zero-order chi connectivity index (χ0) is 14.5. The van der Waals surface area contributed by atoms with Gasteiger partial charge in [0.05, 0.1) is 18.0 Å². The first-order valence-corrected chi connectivity index (χ1v) is 7.57. The second-order valence-electron chi connectivity index (χ2n) is 5.20. The van der Waals surface area contributed by atoms with E-state index in [1.54, 1.807) is 11.3 Å². The van der Waals surface area contributed by atoms with Crippen molar-refractivity contribution in [3.05, 3.63) is 17.3 Å². The third-order valence-electron chi connectivity index (χ3n) is 2.93. The predicted molar refractivity (Wildman–Crippen MR) is 82.2 cm³/mol. The van der Waals surface area contributed by atoms with Crippen LogP contribution in [0.2, 0.25) is 0 Å². The molecule has 0 bridgehead atoms. The van der Waals surface area contributed by atoms with Crippen LogP contribution in [-0.4, -0.2) is 28.0 Å². The first-order chi connectivity index (χ1) is 9.60. The number of nitrogen functional groups attached to an aromatic ring is 1. The number of fused-ring (bicyclic) bond motifs is 1. The molecule has 2 rings (SSSR count). The molecule has 0 fully saturated rings. The maximum absolute atomic E-state index is 8.75. The van der Waals surface area contributed by atoms with Crippen molar-refractivity contribution in [2.45, 2.75) is 26.8 Å². The Morgan fingerprint density at radius 1 is 1.45 bits per heavy atom. The first kappa shape index (κ1) is 14.7. The van der Waals surface area contributed by atoms with E-state index in [1.165, 1.54) is 0 Å². The third-order valence-corrected chi connectivity index (χ3v) is 3.74. The highest BCUT2D eigenvalue weighted by molar-refractivity contribution is 7.16. The van der Waals surface area contributed by atoms with E-state index >= 15 is 0 Å². The summed E-state index contributed by atoms with van der Waals surface area (Å²) in [7, 11) is 0. The van der Waals surface area contributed by atoms with Crippen molar-refractivity contribution in [2.24, 2.45) is 5.92 Å². The van der Waals surface area contributed by atoms with Crippen molar-refractivity contribution in [3.63, 3.8) is 0 Å². The minimum absolute atomic E-state index is 0.517. The lowest BCUT2D eigenvalue weighted by Crippen LogP contribution is -2.29. The quantitative estimate of drug-likeness (QED) is 0.884. The van der Waals surface area contributed by atoms with E-state index in [0.29, 0.717) is 24.7 Å². The average molecular weight is 289 g/mol. The van der Waals surface area contributed by atoms with Gasteiger partial charge in [0.15, 0.2) is 0 Å². The summed E-state index contributed by atoms with van der Waals surface area (Å²) in [6.45, 7) is 6.62. The van der Waals surface area contributed by atoms with E-state index in [-0.39, 0.29) is 0 Å². The molecule has 0 amide bonds. The SMILES string of the molecule is CC(C)CN(CCC#N)Cc1nc(N)c2ccsc2n1. The Kier molecular flexibility index (Phi) is 4.88. The molecule has 0 aliphatic heterocycles. The van der Waals surface area contributed by atoms with Crippen LogP contribution in [0.5, 0.6) is 0 Å². The van der Waals surface area contributed by atoms with Crippen LogP contribution in [-0.2, 0) is 6.54 Å². The number of anilines is 1. The molecular formula is C14H19N5S. The molecule has 0 spiro atoms. The molecule has 0 atom stereocenters. The molecular weight excluding hydrogens is 270 g/mol. The molecule has 0 unspecified atom stereocenters. The van der Waals surface area contributed by atoms with Crippen LogP contribution in [0, 0.1) is 17.2 Å². The molecule has 0 aromatic carbocycles. The van der Waals surface area contributed by atoms with Crippen LogP contribution in [0.1, 0.15) is 26.1 Å². The number of aromatic nitrogens is 2. The van der Waals surface area contributed by atoms with Gasteiger partial charge in [-0.15, -0.1) is 11.3 Å². The lowest BCUT2D eigenvalue weighted by molar-refractivity contribution is 0.236.